The molecule has 116 valence electrons. The Hall–Kier alpha value is -1.39. The number of nitrogens with one attached hydrogen (secondary N) is 1. The van der Waals surface area contributed by atoms with E-state index in [9.17, 15) is 4.79 Å². The van der Waals surface area contributed by atoms with E-state index in [0.717, 1.165) is 26.1 Å². The highest BCUT2D eigenvalue weighted by atomic mass is 16.2. The zero-order valence-electron chi connectivity index (χ0n) is 13.1. The van der Waals surface area contributed by atoms with E-state index in [4.69, 9.17) is 5.73 Å². The zero-order chi connectivity index (χ0) is 15.3. The molecular formula is C17H27N3O. The fraction of sp³-hybridized carbons (Fsp3) is 0.588. The number of carbonyl (C=O) groups is 1. The molecule has 21 heavy (non-hydrogen) atoms. The number of nitrogens with zero attached hydrogens (tertiary/aromatic N) is 1. The molecule has 1 saturated heterocycles. The van der Waals surface area contributed by atoms with Crippen LogP contribution >= 0.6 is 0 Å². The maximum Gasteiger partial charge on any atom is 0.240 e. The normalized spacial score (nSPS) is 19.7. The second-order valence-corrected chi connectivity index (χ2v) is 6.04. The van der Waals surface area contributed by atoms with E-state index in [-0.39, 0.29) is 11.9 Å². The molecule has 0 aromatic heterocycles. The van der Waals surface area contributed by atoms with Gasteiger partial charge in [-0.2, -0.15) is 0 Å². The molecule has 1 heterocycles. The predicted molar refractivity (Wildman–Crippen MR) is 85.8 cm³/mol. The Balaban J connectivity index is 1.84. The Labute approximate surface area is 127 Å². The summed E-state index contributed by atoms with van der Waals surface area (Å²) in [6.45, 7) is 6.82. The third kappa shape index (κ3) is 4.05. The molecule has 1 amide bonds. The van der Waals surface area contributed by atoms with E-state index in [1.807, 2.05) is 19.9 Å². The van der Waals surface area contributed by atoms with Gasteiger partial charge >= 0.3 is 0 Å². The average Bonchev–Trinajstić information content (AvgIpc) is 2.94. The Kier molecular flexibility index (Phi) is 5.37. The van der Waals surface area contributed by atoms with E-state index >= 15 is 0 Å². The minimum atomic E-state index is -0.715. The van der Waals surface area contributed by atoms with Gasteiger partial charge in [0.1, 0.15) is 0 Å². The van der Waals surface area contributed by atoms with Crippen molar-refractivity contribution in [2.75, 3.05) is 13.1 Å². The second-order valence-electron chi connectivity index (χ2n) is 6.04. The van der Waals surface area contributed by atoms with E-state index in [0.29, 0.717) is 12.8 Å². The molecule has 1 atom stereocenters. The number of likely N-dealkylation sites (tertiary alicyclic amines) is 1. The van der Waals surface area contributed by atoms with Crippen LogP contribution in [0.3, 0.4) is 0 Å². The van der Waals surface area contributed by atoms with Crippen LogP contribution in [0.2, 0.25) is 0 Å². The third-order valence-corrected chi connectivity index (χ3v) is 4.57. The summed E-state index contributed by atoms with van der Waals surface area (Å²) in [4.78, 5) is 14.7. The first-order chi connectivity index (χ1) is 10.1. The first-order valence-corrected chi connectivity index (χ1v) is 7.93. The lowest BCUT2D eigenvalue weighted by Gasteiger charge is -2.27. The van der Waals surface area contributed by atoms with Crippen molar-refractivity contribution in [1.29, 1.82) is 0 Å². The van der Waals surface area contributed by atoms with E-state index in [1.165, 1.54) is 5.56 Å². The van der Waals surface area contributed by atoms with Crippen LogP contribution in [0.4, 0.5) is 0 Å². The highest BCUT2D eigenvalue weighted by molar-refractivity contribution is 5.86. The molecule has 1 fully saturated rings. The lowest BCUT2D eigenvalue weighted by molar-refractivity contribution is -0.127. The van der Waals surface area contributed by atoms with Gasteiger partial charge in [-0.05, 0) is 24.8 Å². The standard InChI is InChI=1S/C17H27N3O/c1-3-17(18,4-2)16(21)19-15-10-11-20(13-15)12-14-8-6-5-7-9-14/h5-9,15H,3-4,10-13,18H2,1-2H3,(H,19,21). The maximum atomic E-state index is 12.3. The van der Waals surface area contributed by atoms with Crippen LogP contribution < -0.4 is 11.1 Å². The van der Waals surface area contributed by atoms with Gasteiger partial charge in [0.2, 0.25) is 5.91 Å². The summed E-state index contributed by atoms with van der Waals surface area (Å²) < 4.78 is 0. The molecule has 1 aromatic carbocycles. The summed E-state index contributed by atoms with van der Waals surface area (Å²) in [6, 6.07) is 10.7. The van der Waals surface area contributed by atoms with E-state index in [1.54, 1.807) is 0 Å². The fourth-order valence-electron chi connectivity index (χ4n) is 2.84. The summed E-state index contributed by atoms with van der Waals surface area (Å²) in [7, 11) is 0. The zero-order valence-corrected chi connectivity index (χ0v) is 13.1. The number of hydrogen-bond donors (Lipinski definition) is 2. The van der Waals surface area contributed by atoms with Crippen LogP contribution in [0, 0.1) is 0 Å². The van der Waals surface area contributed by atoms with Crippen LogP contribution in [-0.2, 0) is 11.3 Å². The average molecular weight is 289 g/mol. The molecule has 4 heteroatoms. The highest BCUT2D eigenvalue weighted by Crippen LogP contribution is 2.16. The summed E-state index contributed by atoms with van der Waals surface area (Å²) in [5.74, 6) is -0.000869. The lowest BCUT2D eigenvalue weighted by atomic mass is 9.93. The topological polar surface area (TPSA) is 58.4 Å². The van der Waals surface area contributed by atoms with Gasteiger partial charge in [-0.15, -0.1) is 0 Å². The third-order valence-electron chi connectivity index (χ3n) is 4.57. The van der Waals surface area contributed by atoms with Crippen LogP contribution in [0.25, 0.3) is 0 Å². The fourth-order valence-corrected chi connectivity index (χ4v) is 2.84. The highest BCUT2D eigenvalue weighted by Gasteiger charge is 2.33. The predicted octanol–water partition coefficient (Wildman–Crippen LogP) is 1.89. The van der Waals surface area contributed by atoms with Gasteiger partial charge in [-0.25, -0.2) is 0 Å². The first-order valence-electron chi connectivity index (χ1n) is 7.93. The van der Waals surface area contributed by atoms with Crippen molar-refractivity contribution in [3.8, 4) is 0 Å². The minimum absolute atomic E-state index is 0.000869. The van der Waals surface area contributed by atoms with Gasteiger partial charge in [0.25, 0.3) is 0 Å². The first kappa shape index (κ1) is 16.0. The van der Waals surface area contributed by atoms with Crippen molar-refractivity contribution < 1.29 is 4.79 Å². The van der Waals surface area contributed by atoms with Crippen LogP contribution in [0.15, 0.2) is 30.3 Å². The monoisotopic (exact) mass is 289 g/mol. The number of nitrogens with two attached hydrogens (primary N) is 1. The smallest absolute Gasteiger partial charge is 0.240 e. The summed E-state index contributed by atoms with van der Waals surface area (Å²) >= 11 is 0. The molecule has 0 spiro atoms. The molecule has 3 N–H and O–H groups in total. The van der Waals surface area contributed by atoms with Crippen molar-refractivity contribution in [2.24, 2.45) is 5.73 Å². The molecule has 0 aliphatic carbocycles. The number of benzene rings is 1. The van der Waals surface area contributed by atoms with E-state index < -0.39 is 5.54 Å². The summed E-state index contributed by atoms with van der Waals surface area (Å²) in [5, 5.41) is 3.13. The lowest BCUT2D eigenvalue weighted by Crippen LogP contribution is -2.55. The number of hydrogen-bond acceptors (Lipinski definition) is 3. The van der Waals surface area contributed by atoms with Gasteiger partial charge < -0.3 is 11.1 Å². The Morgan fingerprint density at radius 1 is 1.33 bits per heavy atom. The molecular weight excluding hydrogens is 262 g/mol. The molecule has 1 aromatic rings. The molecule has 1 aliphatic rings. The molecule has 0 saturated carbocycles. The van der Waals surface area contributed by atoms with Gasteiger partial charge in [-0.1, -0.05) is 44.2 Å². The largest absolute Gasteiger partial charge is 0.350 e. The Morgan fingerprint density at radius 2 is 2.00 bits per heavy atom. The van der Waals surface area contributed by atoms with Crippen molar-refractivity contribution in [3.05, 3.63) is 35.9 Å². The number of amides is 1. The molecule has 4 nitrogen and oxygen atoms in total. The van der Waals surface area contributed by atoms with Crippen LogP contribution in [-0.4, -0.2) is 35.5 Å². The van der Waals surface area contributed by atoms with Gasteiger partial charge in [-0.3, -0.25) is 9.69 Å². The van der Waals surface area contributed by atoms with Gasteiger partial charge in [0.05, 0.1) is 5.54 Å². The molecule has 1 unspecified atom stereocenters. The van der Waals surface area contributed by atoms with Crippen molar-refractivity contribution in [3.63, 3.8) is 0 Å². The SMILES string of the molecule is CCC(N)(CC)C(=O)NC1CCN(Cc2ccccc2)C1. The molecule has 0 radical (unpaired) electrons. The van der Waals surface area contributed by atoms with Crippen molar-refractivity contribution in [1.82, 2.24) is 10.2 Å². The number of carbonyl (C=O) groups excluding carboxylic acids is 1. The van der Waals surface area contributed by atoms with Crippen LogP contribution in [0.5, 0.6) is 0 Å². The molecule has 1 aliphatic heterocycles. The molecule has 2 rings (SSSR count). The second kappa shape index (κ2) is 7.05. The Morgan fingerprint density at radius 3 is 2.62 bits per heavy atom. The quantitative estimate of drug-likeness (QED) is 0.841. The maximum absolute atomic E-state index is 12.3. The molecule has 0 bridgehead atoms. The minimum Gasteiger partial charge on any atom is -0.350 e. The van der Waals surface area contributed by atoms with Crippen molar-refractivity contribution >= 4 is 5.91 Å². The number of rotatable bonds is 6. The van der Waals surface area contributed by atoms with Crippen molar-refractivity contribution in [2.45, 2.75) is 51.2 Å². The summed E-state index contributed by atoms with van der Waals surface area (Å²) in [6.07, 6.45) is 2.35. The van der Waals surface area contributed by atoms with E-state index in [2.05, 4.69) is 34.5 Å². The Bertz CT molecular complexity index is 456. The summed E-state index contributed by atoms with van der Waals surface area (Å²) in [5.41, 5.74) is 6.75. The van der Waals surface area contributed by atoms with Crippen LogP contribution in [0.1, 0.15) is 38.7 Å². The van der Waals surface area contributed by atoms with Gasteiger partial charge in [0.15, 0.2) is 0 Å². The van der Waals surface area contributed by atoms with Gasteiger partial charge in [0, 0.05) is 25.7 Å².